The second-order valence-corrected chi connectivity index (χ2v) is 4.12. The zero-order valence-corrected chi connectivity index (χ0v) is 9.73. The molecule has 0 aliphatic rings. The standard InChI is InChI=1S/C9H9N5O2S/c1-5-12-9(14-13-5)17-3-7-6(8(15)16)2-10-4-11-7/h2,4H,3H2,1H3,(H,15,16)(H,12,13,14). The van der Waals surface area contributed by atoms with E-state index in [4.69, 9.17) is 5.11 Å². The van der Waals surface area contributed by atoms with Crippen LogP contribution in [-0.2, 0) is 5.75 Å². The summed E-state index contributed by atoms with van der Waals surface area (Å²) in [6.45, 7) is 1.80. The van der Waals surface area contributed by atoms with Crippen molar-refractivity contribution in [2.75, 3.05) is 0 Å². The van der Waals surface area contributed by atoms with E-state index in [1.165, 1.54) is 24.3 Å². The van der Waals surface area contributed by atoms with E-state index < -0.39 is 5.97 Å². The molecule has 0 unspecified atom stereocenters. The van der Waals surface area contributed by atoms with Gasteiger partial charge in [-0.15, -0.1) is 5.10 Å². The number of nitrogens with one attached hydrogen (secondary N) is 1. The number of thioether (sulfide) groups is 1. The molecule has 0 saturated carbocycles. The minimum Gasteiger partial charge on any atom is -0.478 e. The molecule has 0 atom stereocenters. The van der Waals surface area contributed by atoms with E-state index in [2.05, 4.69) is 25.1 Å². The summed E-state index contributed by atoms with van der Waals surface area (Å²) in [5.41, 5.74) is 0.562. The fourth-order valence-electron chi connectivity index (χ4n) is 1.17. The Bertz CT molecular complexity index is 542. The van der Waals surface area contributed by atoms with Gasteiger partial charge < -0.3 is 5.11 Å². The smallest absolute Gasteiger partial charge is 0.339 e. The van der Waals surface area contributed by atoms with Crippen molar-refractivity contribution in [1.29, 1.82) is 0 Å². The van der Waals surface area contributed by atoms with Crippen molar-refractivity contribution in [3.8, 4) is 0 Å². The molecule has 7 nitrogen and oxygen atoms in total. The molecule has 2 aromatic heterocycles. The first-order valence-electron chi connectivity index (χ1n) is 4.71. The maximum atomic E-state index is 10.9. The van der Waals surface area contributed by atoms with Gasteiger partial charge in [-0.3, -0.25) is 5.10 Å². The molecular weight excluding hydrogens is 242 g/mol. The summed E-state index contributed by atoms with van der Waals surface area (Å²) in [5.74, 6) is 0.0718. The van der Waals surface area contributed by atoms with E-state index in [-0.39, 0.29) is 5.56 Å². The lowest BCUT2D eigenvalue weighted by Gasteiger charge is -2.01. The first-order valence-corrected chi connectivity index (χ1v) is 5.69. The Morgan fingerprint density at radius 2 is 2.41 bits per heavy atom. The van der Waals surface area contributed by atoms with Crippen LogP contribution in [-0.4, -0.2) is 36.2 Å². The quantitative estimate of drug-likeness (QED) is 0.777. The minimum atomic E-state index is -1.03. The maximum absolute atomic E-state index is 10.9. The van der Waals surface area contributed by atoms with E-state index >= 15 is 0 Å². The van der Waals surface area contributed by atoms with Crippen LogP contribution in [0.2, 0.25) is 0 Å². The van der Waals surface area contributed by atoms with Crippen LogP contribution in [0.5, 0.6) is 0 Å². The van der Waals surface area contributed by atoms with Gasteiger partial charge in [0, 0.05) is 11.9 Å². The average Bonchev–Trinajstić information content (AvgIpc) is 2.73. The maximum Gasteiger partial charge on any atom is 0.339 e. The van der Waals surface area contributed by atoms with Gasteiger partial charge in [0.15, 0.2) is 0 Å². The highest BCUT2D eigenvalue weighted by molar-refractivity contribution is 7.98. The van der Waals surface area contributed by atoms with Gasteiger partial charge in [0.1, 0.15) is 17.7 Å². The molecule has 17 heavy (non-hydrogen) atoms. The topological polar surface area (TPSA) is 105 Å². The molecular formula is C9H9N5O2S. The third-order valence-electron chi connectivity index (χ3n) is 1.94. The van der Waals surface area contributed by atoms with Crippen LogP contribution in [0.1, 0.15) is 21.9 Å². The number of H-pyrrole nitrogens is 1. The summed E-state index contributed by atoms with van der Waals surface area (Å²) in [4.78, 5) is 22.6. The summed E-state index contributed by atoms with van der Waals surface area (Å²) >= 11 is 1.32. The highest BCUT2D eigenvalue weighted by Crippen LogP contribution is 2.19. The zero-order chi connectivity index (χ0) is 12.3. The van der Waals surface area contributed by atoms with Gasteiger partial charge in [-0.25, -0.2) is 19.7 Å². The van der Waals surface area contributed by atoms with Crippen LogP contribution < -0.4 is 0 Å². The van der Waals surface area contributed by atoms with Crippen molar-refractivity contribution in [2.45, 2.75) is 17.8 Å². The second-order valence-electron chi connectivity index (χ2n) is 3.18. The van der Waals surface area contributed by atoms with Crippen LogP contribution in [0.3, 0.4) is 0 Å². The monoisotopic (exact) mass is 251 g/mol. The number of rotatable bonds is 4. The third kappa shape index (κ3) is 2.78. The first-order chi connectivity index (χ1) is 8.16. The average molecular weight is 251 g/mol. The van der Waals surface area contributed by atoms with E-state index in [0.717, 1.165) is 0 Å². The van der Waals surface area contributed by atoms with Crippen LogP contribution in [0.25, 0.3) is 0 Å². The van der Waals surface area contributed by atoms with Crippen molar-refractivity contribution in [3.05, 3.63) is 29.6 Å². The molecule has 2 heterocycles. The largest absolute Gasteiger partial charge is 0.478 e. The highest BCUT2D eigenvalue weighted by Gasteiger charge is 2.12. The molecule has 2 N–H and O–H groups in total. The number of nitrogens with zero attached hydrogens (tertiary/aromatic N) is 4. The van der Waals surface area contributed by atoms with Gasteiger partial charge >= 0.3 is 5.97 Å². The number of aryl methyl sites for hydroxylation is 1. The lowest BCUT2D eigenvalue weighted by Crippen LogP contribution is -2.04. The van der Waals surface area contributed by atoms with E-state index in [0.29, 0.717) is 22.4 Å². The lowest BCUT2D eigenvalue weighted by atomic mass is 10.2. The number of hydrogen-bond acceptors (Lipinski definition) is 6. The molecule has 2 rings (SSSR count). The van der Waals surface area contributed by atoms with Crippen molar-refractivity contribution in [3.63, 3.8) is 0 Å². The van der Waals surface area contributed by atoms with E-state index in [1.54, 1.807) is 6.92 Å². The highest BCUT2D eigenvalue weighted by atomic mass is 32.2. The Balaban J connectivity index is 2.11. The molecule has 0 aliphatic carbocycles. The van der Waals surface area contributed by atoms with Crippen molar-refractivity contribution < 1.29 is 9.90 Å². The fraction of sp³-hybridized carbons (Fsp3) is 0.222. The van der Waals surface area contributed by atoms with Crippen molar-refractivity contribution >= 4 is 17.7 Å². The predicted molar refractivity (Wildman–Crippen MR) is 59.7 cm³/mol. The van der Waals surface area contributed by atoms with Crippen LogP contribution in [0.15, 0.2) is 17.7 Å². The molecule has 0 radical (unpaired) electrons. The molecule has 0 fully saturated rings. The number of aromatic amines is 1. The Morgan fingerprint density at radius 3 is 3.06 bits per heavy atom. The van der Waals surface area contributed by atoms with Gasteiger partial charge in [-0.05, 0) is 6.92 Å². The Labute approximate surface area is 101 Å². The second kappa shape index (κ2) is 4.91. The summed E-state index contributed by atoms with van der Waals surface area (Å²) in [5, 5.41) is 16.2. The SMILES string of the molecule is Cc1nc(SCc2ncncc2C(=O)O)n[nH]1. The number of hydrogen-bond donors (Lipinski definition) is 2. The Kier molecular flexibility index (Phi) is 3.33. The van der Waals surface area contributed by atoms with Gasteiger partial charge in [0.25, 0.3) is 0 Å². The molecule has 2 aromatic rings. The molecule has 88 valence electrons. The normalized spacial score (nSPS) is 10.4. The number of carboxylic acid groups (broad SMARTS) is 1. The predicted octanol–water partition coefficient (Wildman–Crippen LogP) is 0.894. The lowest BCUT2D eigenvalue weighted by molar-refractivity contribution is 0.0695. The van der Waals surface area contributed by atoms with Crippen LogP contribution in [0, 0.1) is 6.92 Å². The number of carbonyl (C=O) groups is 1. The van der Waals surface area contributed by atoms with Gasteiger partial charge in [-0.2, -0.15) is 0 Å². The number of aromatic nitrogens is 5. The van der Waals surface area contributed by atoms with Crippen molar-refractivity contribution in [2.24, 2.45) is 0 Å². The van der Waals surface area contributed by atoms with Crippen LogP contribution >= 0.6 is 11.8 Å². The van der Waals surface area contributed by atoms with Gasteiger partial charge in [0.05, 0.1) is 5.69 Å². The van der Waals surface area contributed by atoms with Gasteiger partial charge in [-0.1, -0.05) is 11.8 Å². The fourth-order valence-corrected chi connectivity index (χ4v) is 1.98. The number of aromatic carboxylic acids is 1. The molecule has 0 amide bonds. The van der Waals surface area contributed by atoms with E-state index in [9.17, 15) is 4.79 Å². The summed E-state index contributed by atoms with van der Waals surface area (Å²) in [6.07, 6.45) is 2.61. The molecule has 0 aromatic carbocycles. The molecule has 8 heteroatoms. The van der Waals surface area contributed by atoms with E-state index in [1.807, 2.05) is 0 Å². The first kappa shape index (κ1) is 11.5. The van der Waals surface area contributed by atoms with Gasteiger partial charge in [0.2, 0.25) is 5.16 Å². The Morgan fingerprint density at radius 1 is 1.59 bits per heavy atom. The van der Waals surface area contributed by atoms with Crippen LogP contribution in [0.4, 0.5) is 0 Å². The summed E-state index contributed by atoms with van der Waals surface area (Å²) in [7, 11) is 0. The third-order valence-corrected chi connectivity index (χ3v) is 2.80. The van der Waals surface area contributed by atoms with Crippen molar-refractivity contribution in [1.82, 2.24) is 25.1 Å². The summed E-state index contributed by atoms with van der Waals surface area (Å²) < 4.78 is 0. The molecule has 0 spiro atoms. The molecule has 0 bridgehead atoms. The number of carboxylic acids is 1. The molecule has 0 saturated heterocycles. The minimum absolute atomic E-state index is 0.104. The Hall–Kier alpha value is -1.96. The zero-order valence-electron chi connectivity index (χ0n) is 8.91. The summed E-state index contributed by atoms with van der Waals surface area (Å²) in [6, 6.07) is 0. The molecule has 0 aliphatic heterocycles.